The Bertz CT molecular complexity index is 822. The van der Waals surface area contributed by atoms with Crippen LogP contribution in [-0.4, -0.2) is 30.3 Å². The number of ketones is 1. The van der Waals surface area contributed by atoms with Crippen LogP contribution >= 0.6 is 0 Å². The smallest absolute Gasteiger partial charge is 0.279 e. The van der Waals surface area contributed by atoms with Gasteiger partial charge in [-0.05, 0) is 18.6 Å². The number of aromatic nitrogens is 5. The number of rotatable bonds is 5. The van der Waals surface area contributed by atoms with Gasteiger partial charge in [0.25, 0.3) is 5.56 Å². The molecule has 3 rings (SSSR count). The Kier molecular flexibility index (Phi) is 3.55. The molecule has 106 valence electrons. The average Bonchev–Trinajstić information content (AvgIpc) is 3.00. The van der Waals surface area contributed by atoms with E-state index < -0.39 is 0 Å². The third-order valence-corrected chi connectivity index (χ3v) is 3.20. The van der Waals surface area contributed by atoms with Crippen molar-refractivity contribution in [2.45, 2.75) is 19.4 Å². The SMILES string of the molecule is O=C(CCCn1cnc2nc[nH]c2c1=O)c1cccnc1. The summed E-state index contributed by atoms with van der Waals surface area (Å²) in [7, 11) is 0. The maximum absolute atomic E-state index is 12.1. The normalized spacial score (nSPS) is 10.9. The second-order valence-corrected chi connectivity index (χ2v) is 4.61. The molecule has 0 saturated heterocycles. The van der Waals surface area contributed by atoms with Crippen molar-refractivity contribution in [1.82, 2.24) is 24.5 Å². The lowest BCUT2D eigenvalue weighted by Crippen LogP contribution is -2.21. The van der Waals surface area contributed by atoms with Crippen molar-refractivity contribution in [2.75, 3.05) is 0 Å². The van der Waals surface area contributed by atoms with Crippen LogP contribution in [0.15, 0.2) is 42.0 Å². The van der Waals surface area contributed by atoms with Crippen molar-refractivity contribution >= 4 is 16.9 Å². The van der Waals surface area contributed by atoms with Gasteiger partial charge in [-0.1, -0.05) is 0 Å². The van der Waals surface area contributed by atoms with E-state index in [1.807, 2.05) is 0 Å². The Balaban J connectivity index is 1.66. The molecular weight excluding hydrogens is 270 g/mol. The van der Waals surface area contributed by atoms with Crippen LogP contribution in [0.5, 0.6) is 0 Å². The number of nitrogens with one attached hydrogen (secondary N) is 1. The predicted octanol–water partition coefficient (Wildman–Crippen LogP) is 1.18. The van der Waals surface area contributed by atoms with Gasteiger partial charge in [0.2, 0.25) is 0 Å². The van der Waals surface area contributed by atoms with Crippen LogP contribution in [0.1, 0.15) is 23.2 Å². The summed E-state index contributed by atoms with van der Waals surface area (Å²) in [5.41, 5.74) is 1.21. The number of carbonyl (C=O) groups is 1. The first-order chi connectivity index (χ1) is 10.3. The van der Waals surface area contributed by atoms with Crippen molar-refractivity contribution in [3.63, 3.8) is 0 Å². The quantitative estimate of drug-likeness (QED) is 0.709. The molecule has 7 nitrogen and oxygen atoms in total. The molecule has 1 N–H and O–H groups in total. The Labute approximate surface area is 119 Å². The largest absolute Gasteiger partial charge is 0.339 e. The van der Waals surface area contributed by atoms with E-state index in [2.05, 4.69) is 19.9 Å². The van der Waals surface area contributed by atoms with E-state index in [-0.39, 0.29) is 11.3 Å². The predicted molar refractivity (Wildman–Crippen MR) is 76.0 cm³/mol. The first-order valence-electron chi connectivity index (χ1n) is 6.57. The molecule has 3 heterocycles. The number of H-pyrrole nitrogens is 1. The van der Waals surface area contributed by atoms with Crippen LogP contribution in [0.4, 0.5) is 0 Å². The van der Waals surface area contributed by atoms with E-state index in [9.17, 15) is 9.59 Å². The maximum Gasteiger partial charge on any atom is 0.279 e. The molecule has 0 unspecified atom stereocenters. The Hall–Kier alpha value is -2.83. The van der Waals surface area contributed by atoms with Gasteiger partial charge < -0.3 is 4.98 Å². The highest BCUT2D eigenvalue weighted by molar-refractivity contribution is 5.95. The summed E-state index contributed by atoms with van der Waals surface area (Å²) in [6, 6.07) is 3.47. The van der Waals surface area contributed by atoms with Crippen LogP contribution in [0.3, 0.4) is 0 Å². The number of hydrogen-bond donors (Lipinski definition) is 1. The molecule has 0 spiro atoms. The standard InChI is InChI=1S/C14H13N5O2/c20-11(10-3-1-5-15-7-10)4-2-6-19-9-18-13-12(14(19)21)16-8-17-13/h1,3,5,7-9H,2,4,6H2,(H,16,17). The van der Waals surface area contributed by atoms with E-state index >= 15 is 0 Å². The summed E-state index contributed by atoms with van der Waals surface area (Å²) in [5, 5.41) is 0. The van der Waals surface area contributed by atoms with Crippen molar-refractivity contribution in [3.05, 3.63) is 53.1 Å². The second kappa shape index (κ2) is 5.66. The first-order valence-corrected chi connectivity index (χ1v) is 6.57. The summed E-state index contributed by atoms with van der Waals surface area (Å²) < 4.78 is 1.48. The third kappa shape index (κ3) is 2.71. The zero-order chi connectivity index (χ0) is 14.7. The molecule has 21 heavy (non-hydrogen) atoms. The van der Waals surface area contributed by atoms with Gasteiger partial charge in [0.1, 0.15) is 6.33 Å². The van der Waals surface area contributed by atoms with Crippen LogP contribution in [0, 0.1) is 0 Å². The Morgan fingerprint density at radius 1 is 1.33 bits per heavy atom. The third-order valence-electron chi connectivity index (χ3n) is 3.20. The highest BCUT2D eigenvalue weighted by Crippen LogP contribution is 2.05. The average molecular weight is 283 g/mol. The molecule has 7 heteroatoms. The highest BCUT2D eigenvalue weighted by atomic mass is 16.1. The van der Waals surface area contributed by atoms with Crippen LogP contribution in [0.2, 0.25) is 0 Å². The molecular formula is C14H13N5O2. The fourth-order valence-electron chi connectivity index (χ4n) is 2.10. The number of imidazole rings is 1. The summed E-state index contributed by atoms with van der Waals surface area (Å²) in [6.45, 7) is 0.437. The number of aromatic amines is 1. The molecule has 0 atom stereocenters. The number of pyridine rings is 1. The van der Waals surface area contributed by atoms with Gasteiger partial charge in [-0.15, -0.1) is 0 Å². The molecule has 0 aliphatic rings. The van der Waals surface area contributed by atoms with Gasteiger partial charge in [-0.3, -0.25) is 19.1 Å². The van der Waals surface area contributed by atoms with Gasteiger partial charge in [-0.25, -0.2) is 9.97 Å². The van der Waals surface area contributed by atoms with Gasteiger partial charge in [0.05, 0.1) is 6.33 Å². The van der Waals surface area contributed by atoms with Crippen LogP contribution in [0.25, 0.3) is 11.2 Å². The summed E-state index contributed by atoms with van der Waals surface area (Å²) in [5.74, 6) is 0.0201. The number of aryl methyl sites for hydroxylation is 1. The number of fused-ring (bicyclic) bond motifs is 1. The molecule has 0 aromatic carbocycles. The van der Waals surface area contributed by atoms with Crippen LogP contribution < -0.4 is 5.56 Å². The molecule has 0 saturated carbocycles. The molecule has 3 aromatic heterocycles. The number of nitrogens with zero attached hydrogens (tertiary/aromatic N) is 4. The van der Waals surface area contributed by atoms with E-state index in [1.54, 1.807) is 24.5 Å². The number of carbonyl (C=O) groups excluding carboxylic acids is 1. The summed E-state index contributed by atoms with van der Waals surface area (Å²) in [4.78, 5) is 38.7. The minimum absolute atomic E-state index is 0.0201. The summed E-state index contributed by atoms with van der Waals surface area (Å²) in [6.07, 6.45) is 7.00. The van der Waals surface area contributed by atoms with Gasteiger partial charge in [-0.2, -0.15) is 0 Å². The van der Waals surface area contributed by atoms with Crippen molar-refractivity contribution < 1.29 is 4.79 Å². The minimum Gasteiger partial charge on any atom is -0.339 e. The fourth-order valence-corrected chi connectivity index (χ4v) is 2.10. The molecule has 3 aromatic rings. The minimum atomic E-state index is -0.175. The molecule has 0 fully saturated rings. The molecule has 0 aliphatic carbocycles. The fraction of sp³-hybridized carbons (Fsp3) is 0.214. The van der Waals surface area contributed by atoms with E-state index in [0.29, 0.717) is 36.1 Å². The van der Waals surface area contributed by atoms with E-state index in [1.165, 1.54) is 17.2 Å². The lowest BCUT2D eigenvalue weighted by atomic mass is 10.1. The van der Waals surface area contributed by atoms with E-state index in [4.69, 9.17) is 0 Å². The summed E-state index contributed by atoms with van der Waals surface area (Å²) >= 11 is 0. The van der Waals surface area contributed by atoms with Crippen molar-refractivity contribution in [2.24, 2.45) is 0 Å². The number of hydrogen-bond acceptors (Lipinski definition) is 5. The molecule has 0 bridgehead atoms. The first kappa shape index (κ1) is 13.2. The lowest BCUT2D eigenvalue weighted by Gasteiger charge is -2.04. The Morgan fingerprint density at radius 3 is 3.05 bits per heavy atom. The molecule has 0 amide bonds. The molecule has 0 aliphatic heterocycles. The van der Waals surface area contributed by atoms with Gasteiger partial charge in [0, 0.05) is 30.9 Å². The number of Topliss-reactive ketones (excluding diaryl/α,β-unsaturated/α-hetero) is 1. The van der Waals surface area contributed by atoms with Crippen LogP contribution in [-0.2, 0) is 6.54 Å². The van der Waals surface area contributed by atoms with E-state index in [0.717, 1.165) is 0 Å². The Morgan fingerprint density at radius 2 is 2.24 bits per heavy atom. The van der Waals surface area contributed by atoms with Gasteiger partial charge in [0.15, 0.2) is 16.9 Å². The topological polar surface area (TPSA) is 93.5 Å². The highest BCUT2D eigenvalue weighted by Gasteiger charge is 2.08. The lowest BCUT2D eigenvalue weighted by molar-refractivity contribution is 0.0978. The zero-order valence-corrected chi connectivity index (χ0v) is 11.2. The molecule has 0 radical (unpaired) electrons. The monoisotopic (exact) mass is 283 g/mol. The van der Waals surface area contributed by atoms with Crippen molar-refractivity contribution in [1.29, 1.82) is 0 Å². The zero-order valence-electron chi connectivity index (χ0n) is 11.2. The second-order valence-electron chi connectivity index (χ2n) is 4.61. The van der Waals surface area contributed by atoms with Crippen molar-refractivity contribution in [3.8, 4) is 0 Å². The maximum atomic E-state index is 12.1. The van der Waals surface area contributed by atoms with Gasteiger partial charge >= 0.3 is 0 Å².